The molecular weight excluding hydrogens is 188 g/mol. The first-order valence-corrected chi connectivity index (χ1v) is 4.96. The van der Waals surface area contributed by atoms with Crippen molar-refractivity contribution >= 4 is 0 Å². The molecule has 0 unspecified atom stereocenters. The fraction of sp³-hybridized carbons (Fsp3) is 0.273. The number of rotatable bonds is 4. The van der Waals surface area contributed by atoms with Gasteiger partial charge >= 0.3 is 0 Å². The molecule has 78 valence electrons. The molecule has 0 saturated carbocycles. The summed E-state index contributed by atoms with van der Waals surface area (Å²) in [5.41, 5.74) is 2.30. The lowest BCUT2D eigenvalue weighted by Crippen LogP contribution is -2.15. The second kappa shape index (κ2) is 4.70. The van der Waals surface area contributed by atoms with Crippen molar-refractivity contribution in [1.82, 2.24) is 20.3 Å². The van der Waals surface area contributed by atoms with E-state index in [-0.39, 0.29) is 0 Å². The van der Waals surface area contributed by atoms with Gasteiger partial charge in [0.1, 0.15) is 5.82 Å². The average molecular weight is 202 g/mol. The fourth-order valence-corrected chi connectivity index (χ4v) is 1.40. The Morgan fingerprint density at radius 3 is 2.93 bits per heavy atom. The third kappa shape index (κ3) is 2.63. The summed E-state index contributed by atoms with van der Waals surface area (Å²) >= 11 is 0. The third-order valence-electron chi connectivity index (χ3n) is 2.26. The molecule has 2 aromatic heterocycles. The summed E-state index contributed by atoms with van der Waals surface area (Å²) in [4.78, 5) is 11.5. The first kappa shape index (κ1) is 9.86. The molecule has 2 rings (SSSR count). The van der Waals surface area contributed by atoms with Crippen molar-refractivity contribution in [3.63, 3.8) is 0 Å². The van der Waals surface area contributed by atoms with Gasteiger partial charge in [-0.15, -0.1) is 0 Å². The summed E-state index contributed by atoms with van der Waals surface area (Å²) in [6.45, 7) is 3.58. The van der Waals surface area contributed by atoms with Crippen molar-refractivity contribution in [2.75, 3.05) is 0 Å². The SMILES string of the molecule is Cc1cccnc1CNCc1ncc[nH]1. The first-order chi connectivity index (χ1) is 7.36. The van der Waals surface area contributed by atoms with E-state index in [1.807, 2.05) is 18.5 Å². The predicted octanol–water partition coefficient (Wildman–Crippen LogP) is 1.40. The zero-order chi connectivity index (χ0) is 10.5. The number of aromatic nitrogens is 3. The van der Waals surface area contributed by atoms with Gasteiger partial charge in [-0.2, -0.15) is 0 Å². The Labute approximate surface area is 88.8 Å². The van der Waals surface area contributed by atoms with Crippen molar-refractivity contribution in [2.24, 2.45) is 0 Å². The molecule has 0 amide bonds. The van der Waals surface area contributed by atoms with Crippen LogP contribution in [0.4, 0.5) is 0 Å². The van der Waals surface area contributed by atoms with E-state index in [0.29, 0.717) is 0 Å². The smallest absolute Gasteiger partial charge is 0.120 e. The molecule has 0 aromatic carbocycles. The van der Waals surface area contributed by atoms with Crippen LogP contribution in [-0.2, 0) is 13.1 Å². The number of H-pyrrole nitrogens is 1. The molecule has 15 heavy (non-hydrogen) atoms. The van der Waals surface area contributed by atoms with Crippen molar-refractivity contribution in [3.8, 4) is 0 Å². The van der Waals surface area contributed by atoms with Crippen LogP contribution in [0.2, 0.25) is 0 Å². The number of aryl methyl sites for hydroxylation is 1. The molecule has 0 aliphatic heterocycles. The van der Waals surface area contributed by atoms with E-state index in [0.717, 1.165) is 24.6 Å². The van der Waals surface area contributed by atoms with Crippen molar-refractivity contribution in [2.45, 2.75) is 20.0 Å². The van der Waals surface area contributed by atoms with Gasteiger partial charge in [0.25, 0.3) is 0 Å². The zero-order valence-corrected chi connectivity index (χ0v) is 8.70. The maximum atomic E-state index is 4.30. The van der Waals surface area contributed by atoms with Gasteiger partial charge in [0, 0.05) is 25.1 Å². The molecule has 0 aliphatic carbocycles. The van der Waals surface area contributed by atoms with E-state index in [9.17, 15) is 0 Å². The summed E-state index contributed by atoms with van der Waals surface area (Å²) in [5.74, 6) is 0.948. The van der Waals surface area contributed by atoms with Crippen LogP contribution in [-0.4, -0.2) is 15.0 Å². The lowest BCUT2D eigenvalue weighted by Gasteiger charge is -2.04. The van der Waals surface area contributed by atoms with Gasteiger partial charge in [0.05, 0.1) is 12.2 Å². The minimum atomic E-state index is 0.739. The topological polar surface area (TPSA) is 53.6 Å². The van der Waals surface area contributed by atoms with Crippen LogP contribution < -0.4 is 5.32 Å². The van der Waals surface area contributed by atoms with Crippen molar-refractivity contribution in [1.29, 1.82) is 0 Å². The van der Waals surface area contributed by atoms with Gasteiger partial charge in [-0.1, -0.05) is 6.07 Å². The molecular formula is C11H14N4. The Kier molecular flexibility index (Phi) is 3.09. The minimum Gasteiger partial charge on any atom is -0.348 e. The number of nitrogens with one attached hydrogen (secondary N) is 2. The van der Waals surface area contributed by atoms with Gasteiger partial charge in [-0.25, -0.2) is 4.98 Å². The van der Waals surface area contributed by atoms with E-state index >= 15 is 0 Å². The Balaban J connectivity index is 1.86. The number of pyridine rings is 1. The molecule has 0 bridgehead atoms. The van der Waals surface area contributed by atoms with Gasteiger partial charge in [0.15, 0.2) is 0 Å². The monoisotopic (exact) mass is 202 g/mol. The first-order valence-electron chi connectivity index (χ1n) is 4.96. The van der Waals surface area contributed by atoms with Gasteiger partial charge in [0.2, 0.25) is 0 Å². The minimum absolute atomic E-state index is 0.739. The summed E-state index contributed by atoms with van der Waals surface area (Å²) in [5, 5.41) is 3.29. The largest absolute Gasteiger partial charge is 0.348 e. The number of aromatic amines is 1. The van der Waals surface area contributed by atoms with Gasteiger partial charge < -0.3 is 10.3 Å². The second-order valence-corrected chi connectivity index (χ2v) is 3.41. The summed E-state index contributed by atoms with van der Waals surface area (Å²) < 4.78 is 0. The number of nitrogens with zero attached hydrogens (tertiary/aromatic N) is 2. The van der Waals surface area contributed by atoms with E-state index in [4.69, 9.17) is 0 Å². The molecule has 0 radical (unpaired) electrons. The highest BCUT2D eigenvalue weighted by molar-refractivity contribution is 5.17. The van der Waals surface area contributed by atoms with E-state index in [2.05, 4.69) is 33.3 Å². The van der Waals surface area contributed by atoms with Crippen molar-refractivity contribution < 1.29 is 0 Å². The Bertz CT molecular complexity index is 408. The fourth-order valence-electron chi connectivity index (χ4n) is 1.40. The number of imidazole rings is 1. The predicted molar refractivity (Wildman–Crippen MR) is 58.1 cm³/mol. The van der Waals surface area contributed by atoms with E-state index in [1.165, 1.54) is 5.56 Å². The number of hydrogen-bond donors (Lipinski definition) is 2. The molecule has 2 heterocycles. The molecule has 4 nitrogen and oxygen atoms in total. The van der Waals surface area contributed by atoms with Crippen molar-refractivity contribution in [3.05, 3.63) is 47.8 Å². The van der Waals surface area contributed by atoms with Crippen LogP contribution in [0, 0.1) is 6.92 Å². The van der Waals surface area contributed by atoms with Gasteiger partial charge in [-0.3, -0.25) is 4.98 Å². The maximum absolute atomic E-state index is 4.30. The van der Waals surface area contributed by atoms with Crippen LogP contribution in [0.5, 0.6) is 0 Å². The lowest BCUT2D eigenvalue weighted by molar-refractivity contribution is 0.654. The summed E-state index contributed by atoms with van der Waals surface area (Å²) in [6.07, 6.45) is 5.39. The molecule has 0 atom stereocenters. The highest BCUT2D eigenvalue weighted by atomic mass is 15.0. The van der Waals surface area contributed by atoms with Crippen LogP contribution in [0.1, 0.15) is 17.1 Å². The van der Waals surface area contributed by atoms with Crippen LogP contribution in [0.15, 0.2) is 30.7 Å². The Morgan fingerprint density at radius 2 is 2.20 bits per heavy atom. The molecule has 4 heteroatoms. The molecule has 2 N–H and O–H groups in total. The summed E-state index contributed by atoms with van der Waals surface area (Å²) in [6, 6.07) is 4.02. The van der Waals surface area contributed by atoms with Crippen LogP contribution >= 0.6 is 0 Å². The summed E-state index contributed by atoms with van der Waals surface area (Å²) in [7, 11) is 0. The second-order valence-electron chi connectivity index (χ2n) is 3.41. The molecule has 0 spiro atoms. The highest BCUT2D eigenvalue weighted by Crippen LogP contribution is 2.02. The molecule has 0 fully saturated rings. The Morgan fingerprint density at radius 1 is 1.27 bits per heavy atom. The lowest BCUT2D eigenvalue weighted by atomic mass is 10.2. The quantitative estimate of drug-likeness (QED) is 0.788. The maximum Gasteiger partial charge on any atom is 0.120 e. The molecule has 2 aromatic rings. The van der Waals surface area contributed by atoms with Crippen LogP contribution in [0.25, 0.3) is 0 Å². The van der Waals surface area contributed by atoms with Gasteiger partial charge in [-0.05, 0) is 18.6 Å². The zero-order valence-electron chi connectivity index (χ0n) is 8.70. The van der Waals surface area contributed by atoms with Crippen LogP contribution in [0.3, 0.4) is 0 Å². The highest BCUT2D eigenvalue weighted by Gasteiger charge is 1.98. The molecule has 0 saturated heterocycles. The third-order valence-corrected chi connectivity index (χ3v) is 2.26. The standard InChI is InChI=1S/C11H14N4/c1-9-3-2-4-13-10(9)7-12-8-11-14-5-6-15-11/h2-6,12H,7-8H2,1H3,(H,14,15). The Hall–Kier alpha value is -1.68. The number of hydrogen-bond acceptors (Lipinski definition) is 3. The normalized spacial score (nSPS) is 10.5. The average Bonchev–Trinajstić information content (AvgIpc) is 2.74. The molecule has 0 aliphatic rings. The van der Waals surface area contributed by atoms with E-state index in [1.54, 1.807) is 6.20 Å². The van der Waals surface area contributed by atoms with E-state index < -0.39 is 0 Å².